The third-order valence-electron chi connectivity index (χ3n) is 4.96. The van der Waals surface area contributed by atoms with Crippen molar-refractivity contribution in [2.24, 2.45) is 0 Å². The molecule has 1 aliphatic carbocycles. The van der Waals surface area contributed by atoms with Gasteiger partial charge in [-0.1, -0.05) is 24.1 Å². The van der Waals surface area contributed by atoms with E-state index in [1.54, 1.807) is 12.1 Å². The van der Waals surface area contributed by atoms with Gasteiger partial charge in [0.05, 0.1) is 10.6 Å². The van der Waals surface area contributed by atoms with E-state index in [2.05, 4.69) is 24.6 Å². The lowest BCUT2D eigenvalue weighted by atomic mass is 9.62. The SMILES string of the molecule is Fc1ccc(C2(Cc3ncc(-c4nnc(C(F)(F)F)o4)cn3)CCC2)cc1Cl. The first-order valence-corrected chi connectivity index (χ1v) is 8.82. The maximum absolute atomic E-state index is 13.5. The van der Waals surface area contributed by atoms with Gasteiger partial charge in [-0.25, -0.2) is 14.4 Å². The molecule has 0 aliphatic heterocycles. The molecule has 1 saturated carbocycles. The van der Waals surface area contributed by atoms with Crippen molar-refractivity contribution in [3.05, 3.63) is 58.7 Å². The Hall–Kier alpha value is -2.55. The van der Waals surface area contributed by atoms with Crippen LogP contribution in [0, 0.1) is 5.82 Å². The molecule has 0 bridgehead atoms. The molecule has 28 heavy (non-hydrogen) atoms. The highest BCUT2D eigenvalue weighted by molar-refractivity contribution is 6.30. The van der Waals surface area contributed by atoms with Crippen molar-refractivity contribution >= 4 is 11.6 Å². The topological polar surface area (TPSA) is 64.7 Å². The van der Waals surface area contributed by atoms with E-state index < -0.39 is 17.9 Å². The lowest BCUT2D eigenvalue weighted by Crippen LogP contribution is -2.37. The summed E-state index contributed by atoms with van der Waals surface area (Å²) in [6.07, 6.45) is 1.29. The van der Waals surface area contributed by atoms with Gasteiger partial charge >= 0.3 is 12.1 Å². The second-order valence-electron chi connectivity index (χ2n) is 6.74. The molecule has 5 nitrogen and oxygen atoms in total. The van der Waals surface area contributed by atoms with Crippen LogP contribution in [0.15, 0.2) is 35.0 Å². The van der Waals surface area contributed by atoms with Crippen molar-refractivity contribution in [2.45, 2.75) is 37.3 Å². The molecule has 2 aromatic heterocycles. The number of nitrogens with zero attached hydrogens (tertiary/aromatic N) is 4. The first kappa shape index (κ1) is 18.8. The van der Waals surface area contributed by atoms with Gasteiger partial charge in [0.25, 0.3) is 5.89 Å². The summed E-state index contributed by atoms with van der Waals surface area (Å²) in [7, 11) is 0. The van der Waals surface area contributed by atoms with Gasteiger partial charge < -0.3 is 4.42 Å². The number of hydrogen-bond acceptors (Lipinski definition) is 5. The summed E-state index contributed by atoms with van der Waals surface area (Å²) in [4.78, 5) is 8.46. The summed E-state index contributed by atoms with van der Waals surface area (Å²) in [6.45, 7) is 0. The molecule has 0 saturated heterocycles. The van der Waals surface area contributed by atoms with Gasteiger partial charge in [-0.3, -0.25) is 0 Å². The van der Waals surface area contributed by atoms with E-state index in [9.17, 15) is 17.6 Å². The molecule has 1 fully saturated rings. The number of halogens is 5. The Labute approximate surface area is 161 Å². The van der Waals surface area contributed by atoms with Gasteiger partial charge in [-0.2, -0.15) is 13.2 Å². The monoisotopic (exact) mass is 412 g/mol. The zero-order valence-electron chi connectivity index (χ0n) is 14.3. The molecule has 146 valence electrons. The summed E-state index contributed by atoms with van der Waals surface area (Å²) in [5.41, 5.74) is 0.885. The fourth-order valence-corrected chi connectivity index (χ4v) is 3.49. The van der Waals surface area contributed by atoms with E-state index in [4.69, 9.17) is 11.6 Å². The summed E-state index contributed by atoms with van der Waals surface area (Å²) >= 11 is 5.92. The van der Waals surface area contributed by atoms with Crippen LogP contribution in [-0.4, -0.2) is 20.2 Å². The summed E-state index contributed by atoms with van der Waals surface area (Å²) in [6, 6.07) is 4.68. The van der Waals surface area contributed by atoms with Gasteiger partial charge in [-0.05, 0) is 30.5 Å². The molecule has 4 rings (SSSR count). The Kier molecular flexibility index (Phi) is 4.57. The van der Waals surface area contributed by atoms with Gasteiger partial charge in [-0.15, -0.1) is 10.2 Å². The van der Waals surface area contributed by atoms with Gasteiger partial charge in [0, 0.05) is 24.2 Å². The van der Waals surface area contributed by atoms with Crippen molar-refractivity contribution in [1.29, 1.82) is 0 Å². The lowest BCUT2D eigenvalue weighted by Gasteiger charge is -2.42. The highest BCUT2D eigenvalue weighted by atomic mass is 35.5. The lowest BCUT2D eigenvalue weighted by molar-refractivity contribution is -0.156. The Morgan fingerprint density at radius 3 is 2.36 bits per heavy atom. The summed E-state index contributed by atoms with van der Waals surface area (Å²) in [5, 5.41) is 6.43. The predicted molar refractivity (Wildman–Crippen MR) is 91.0 cm³/mol. The largest absolute Gasteiger partial charge is 0.470 e. The fraction of sp³-hybridized carbons (Fsp3) is 0.333. The maximum atomic E-state index is 13.5. The van der Waals surface area contributed by atoms with Crippen LogP contribution in [0.3, 0.4) is 0 Å². The average Bonchev–Trinajstić information content (AvgIpc) is 3.12. The number of rotatable bonds is 4. The standard InChI is InChI=1S/C18H13ClF4N4O/c19-12-6-11(2-3-13(12)20)17(4-1-5-17)7-14-24-8-10(9-25-14)15-26-27-16(28-15)18(21,22)23/h2-3,6,8-9H,1,4-5,7H2. The van der Waals surface area contributed by atoms with Crippen molar-refractivity contribution in [2.75, 3.05) is 0 Å². The van der Waals surface area contributed by atoms with Crippen LogP contribution in [0.1, 0.15) is 36.5 Å². The zero-order chi connectivity index (χ0) is 19.9. The molecule has 0 N–H and O–H groups in total. The van der Waals surface area contributed by atoms with Crippen LogP contribution in [-0.2, 0) is 18.0 Å². The molecule has 0 radical (unpaired) electrons. The van der Waals surface area contributed by atoms with E-state index in [1.165, 1.54) is 18.5 Å². The zero-order valence-corrected chi connectivity index (χ0v) is 15.1. The highest BCUT2D eigenvalue weighted by Crippen LogP contribution is 2.46. The molecule has 0 amide bonds. The quantitative estimate of drug-likeness (QED) is 0.564. The van der Waals surface area contributed by atoms with Gasteiger partial charge in [0.1, 0.15) is 11.6 Å². The minimum Gasteiger partial charge on any atom is -0.413 e. The second kappa shape index (κ2) is 6.80. The van der Waals surface area contributed by atoms with Crippen LogP contribution in [0.25, 0.3) is 11.5 Å². The van der Waals surface area contributed by atoms with Crippen molar-refractivity contribution in [3.8, 4) is 11.5 Å². The van der Waals surface area contributed by atoms with Crippen molar-refractivity contribution in [1.82, 2.24) is 20.2 Å². The third-order valence-corrected chi connectivity index (χ3v) is 5.25. The number of alkyl halides is 3. The van der Waals surface area contributed by atoms with Gasteiger partial charge in [0.2, 0.25) is 0 Å². The Balaban J connectivity index is 1.55. The van der Waals surface area contributed by atoms with Crippen LogP contribution in [0.5, 0.6) is 0 Å². The molecule has 10 heteroatoms. The maximum Gasteiger partial charge on any atom is 0.470 e. The van der Waals surface area contributed by atoms with E-state index in [-0.39, 0.29) is 21.9 Å². The second-order valence-corrected chi connectivity index (χ2v) is 7.14. The molecule has 1 aromatic carbocycles. The minimum absolute atomic E-state index is 0.0666. The average molecular weight is 413 g/mol. The smallest absolute Gasteiger partial charge is 0.413 e. The van der Waals surface area contributed by atoms with Crippen molar-refractivity contribution < 1.29 is 22.0 Å². The molecular weight excluding hydrogens is 400 g/mol. The summed E-state index contributed by atoms with van der Waals surface area (Å²) in [5.74, 6) is -1.69. The summed E-state index contributed by atoms with van der Waals surface area (Å²) < 4.78 is 55.8. The highest BCUT2D eigenvalue weighted by Gasteiger charge is 2.40. The van der Waals surface area contributed by atoms with E-state index >= 15 is 0 Å². The van der Waals surface area contributed by atoms with Crippen molar-refractivity contribution in [3.63, 3.8) is 0 Å². The molecule has 3 aromatic rings. The molecule has 0 unspecified atom stereocenters. The third kappa shape index (κ3) is 3.46. The first-order chi connectivity index (χ1) is 13.3. The minimum atomic E-state index is -4.71. The Bertz CT molecular complexity index is 1000. The molecule has 2 heterocycles. The van der Waals surface area contributed by atoms with E-state index in [0.29, 0.717) is 12.2 Å². The predicted octanol–water partition coefficient (Wildman–Crippen LogP) is 5.00. The Morgan fingerprint density at radius 2 is 1.82 bits per heavy atom. The van der Waals surface area contributed by atoms with Crippen LogP contribution < -0.4 is 0 Å². The fourth-order valence-electron chi connectivity index (χ4n) is 3.31. The van der Waals surface area contributed by atoms with Crippen LogP contribution in [0.2, 0.25) is 5.02 Å². The van der Waals surface area contributed by atoms with E-state index in [0.717, 1.165) is 24.8 Å². The molecular formula is C18H13ClF4N4O. The van der Waals surface area contributed by atoms with Gasteiger partial charge in [0.15, 0.2) is 0 Å². The van der Waals surface area contributed by atoms with Crippen LogP contribution in [0.4, 0.5) is 17.6 Å². The molecule has 1 aliphatic rings. The van der Waals surface area contributed by atoms with Crippen LogP contribution >= 0.6 is 11.6 Å². The first-order valence-electron chi connectivity index (χ1n) is 8.44. The number of benzene rings is 1. The molecule has 0 spiro atoms. The number of aromatic nitrogens is 4. The van der Waals surface area contributed by atoms with E-state index in [1.807, 2.05) is 0 Å². The number of hydrogen-bond donors (Lipinski definition) is 0. The normalized spacial score (nSPS) is 16.0. The Morgan fingerprint density at radius 1 is 1.11 bits per heavy atom. The molecule has 0 atom stereocenters.